The first kappa shape index (κ1) is 20.0. The summed E-state index contributed by atoms with van der Waals surface area (Å²) in [6.07, 6.45) is 0.160. The van der Waals surface area contributed by atoms with E-state index in [1.165, 1.54) is 31.0 Å². The molecule has 1 fully saturated rings. The van der Waals surface area contributed by atoms with Crippen LogP contribution >= 0.6 is 11.8 Å². The Morgan fingerprint density at radius 2 is 1.90 bits per heavy atom. The van der Waals surface area contributed by atoms with E-state index in [2.05, 4.69) is 6.07 Å². The van der Waals surface area contributed by atoms with Crippen molar-refractivity contribution in [1.29, 1.82) is 5.26 Å². The van der Waals surface area contributed by atoms with E-state index in [1.807, 2.05) is 17.0 Å². The van der Waals surface area contributed by atoms with E-state index in [-0.39, 0.29) is 24.1 Å². The van der Waals surface area contributed by atoms with Crippen molar-refractivity contribution in [3.05, 3.63) is 76.1 Å². The number of carbonyl (C=O) groups excluding carboxylic acids is 2. The molecule has 0 spiro atoms. The Bertz CT molecular complexity index is 1060. The number of nitrogens with zero attached hydrogens (tertiary/aromatic N) is 3. The summed E-state index contributed by atoms with van der Waals surface area (Å²) in [6.45, 7) is 0.319. The van der Waals surface area contributed by atoms with Gasteiger partial charge in [0.25, 0.3) is 0 Å². The van der Waals surface area contributed by atoms with E-state index in [0.29, 0.717) is 28.7 Å². The van der Waals surface area contributed by atoms with Gasteiger partial charge in [-0.15, -0.1) is 0 Å². The van der Waals surface area contributed by atoms with Crippen LogP contribution in [0.2, 0.25) is 0 Å². The maximum absolute atomic E-state index is 13.3. The first-order chi connectivity index (χ1) is 14.5. The monoisotopic (exact) mass is 423 g/mol. The van der Waals surface area contributed by atoms with Gasteiger partial charge in [-0.05, 0) is 42.0 Å². The molecule has 2 aliphatic heterocycles. The summed E-state index contributed by atoms with van der Waals surface area (Å²) in [4.78, 5) is 28.2. The molecule has 1 saturated heterocycles. The molecule has 0 unspecified atom stereocenters. The number of halogens is 1. The summed E-state index contributed by atoms with van der Waals surface area (Å²) in [6, 6.07) is 15.2. The van der Waals surface area contributed by atoms with E-state index in [4.69, 9.17) is 4.74 Å². The van der Waals surface area contributed by atoms with Crippen LogP contribution in [0, 0.1) is 17.1 Å². The second-order valence-electron chi connectivity index (χ2n) is 6.95. The highest BCUT2D eigenvalue weighted by Gasteiger charge is 2.38. The third-order valence-corrected chi connectivity index (χ3v) is 6.37. The summed E-state index contributed by atoms with van der Waals surface area (Å²) < 4.78 is 18.0. The summed E-state index contributed by atoms with van der Waals surface area (Å²) in [7, 11) is 1.33. The van der Waals surface area contributed by atoms with Gasteiger partial charge in [-0.3, -0.25) is 9.69 Å². The topological polar surface area (TPSA) is 73.6 Å². The third-order valence-electron chi connectivity index (χ3n) is 5.22. The largest absolute Gasteiger partial charge is 0.465 e. The van der Waals surface area contributed by atoms with E-state index >= 15 is 0 Å². The van der Waals surface area contributed by atoms with Gasteiger partial charge in [-0.2, -0.15) is 5.26 Å². The number of methoxy groups -OCH3 is 1. The van der Waals surface area contributed by atoms with Crippen molar-refractivity contribution >= 4 is 29.3 Å². The Balaban J connectivity index is 1.59. The lowest BCUT2D eigenvalue weighted by Crippen LogP contribution is -2.47. The Kier molecular flexibility index (Phi) is 5.46. The van der Waals surface area contributed by atoms with Gasteiger partial charge in [0.05, 0.1) is 41.9 Å². The standard InChI is InChI=1S/C22H18FN3O3S/c1-29-22(28)15-4-8-17(9-5-15)25-12-26-20(27)10-18(14-2-6-16(23)7-3-14)19(11-24)21(26)30-13-25/h2-9,18H,10,12-13H2,1H3/t18-/m1/s1. The lowest BCUT2D eigenvalue weighted by atomic mass is 9.86. The molecule has 0 aliphatic carbocycles. The SMILES string of the molecule is COC(=O)c1ccc(N2CSC3=C(C#N)[C@@H](c4ccc(F)cc4)CC(=O)N3C2)cc1. The average Bonchev–Trinajstić information content (AvgIpc) is 2.79. The molecule has 152 valence electrons. The van der Waals surface area contributed by atoms with Crippen LogP contribution in [0.15, 0.2) is 59.1 Å². The zero-order chi connectivity index (χ0) is 21.3. The van der Waals surface area contributed by atoms with Crippen molar-refractivity contribution in [2.75, 3.05) is 24.6 Å². The van der Waals surface area contributed by atoms with Crippen molar-refractivity contribution in [3.8, 4) is 6.07 Å². The van der Waals surface area contributed by atoms with Gasteiger partial charge in [0.15, 0.2) is 0 Å². The smallest absolute Gasteiger partial charge is 0.337 e. The number of rotatable bonds is 3. The molecule has 0 saturated carbocycles. The van der Waals surface area contributed by atoms with Gasteiger partial charge in [-0.25, -0.2) is 9.18 Å². The van der Waals surface area contributed by atoms with Gasteiger partial charge in [0.1, 0.15) is 5.82 Å². The summed E-state index contributed by atoms with van der Waals surface area (Å²) in [5, 5.41) is 10.5. The Morgan fingerprint density at radius 1 is 1.20 bits per heavy atom. The molecule has 0 aromatic heterocycles. The normalized spacial score (nSPS) is 18.7. The van der Waals surface area contributed by atoms with E-state index < -0.39 is 5.97 Å². The molecular formula is C22H18FN3O3S. The minimum Gasteiger partial charge on any atom is -0.465 e. The van der Waals surface area contributed by atoms with Crippen molar-refractivity contribution in [3.63, 3.8) is 0 Å². The summed E-state index contributed by atoms with van der Waals surface area (Å²) >= 11 is 1.43. The van der Waals surface area contributed by atoms with Crippen LogP contribution in [0.1, 0.15) is 28.3 Å². The molecule has 6 nitrogen and oxygen atoms in total. The van der Waals surface area contributed by atoms with Crippen LogP contribution in [0.5, 0.6) is 0 Å². The van der Waals surface area contributed by atoms with Crippen LogP contribution in [-0.2, 0) is 9.53 Å². The number of thioether (sulfide) groups is 1. The molecule has 1 atom stereocenters. The molecule has 2 aromatic rings. The number of ether oxygens (including phenoxy) is 1. The van der Waals surface area contributed by atoms with Crippen LogP contribution in [0.25, 0.3) is 0 Å². The van der Waals surface area contributed by atoms with Crippen LogP contribution in [0.3, 0.4) is 0 Å². The van der Waals surface area contributed by atoms with Crippen LogP contribution in [0.4, 0.5) is 10.1 Å². The molecule has 0 N–H and O–H groups in total. The van der Waals surface area contributed by atoms with Crippen molar-refractivity contribution in [1.82, 2.24) is 4.90 Å². The minimum atomic E-state index is -0.406. The first-order valence-corrected chi connectivity index (χ1v) is 10.3. The highest BCUT2D eigenvalue weighted by atomic mass is 32.2. The van der Waals surface area contributed by atoms with Gasteiger partial charge in [0.2, 0.25) is 5.91 Å². The maximum atomic E-state index is 13.3. The Morgan fingerprint density at radius 3 is 2.53 bits per heavy atom. The first-order valence-electron chi connectivity index (χ1n) is 9.28. The zero-order valence-electron chi connectivity index (χ0n) is 16.2. The fourth-order valence-corrected chi connectivity index (χ4v) is 4.80. The van der Waals surface area contributed by atoms with Crippen molar-refractivity contribution in [2.24, 2.45) is 0 Å². The fraction of sp³-hybridized carbons (Fsp3) is 0.227. The lowest BCUT2D eigenvalue weighted by molar-refractivity contribution is -0.129. The molecule has 2 aliphatic rings. The number of hydrogen-bond acceptors (Lipinski definition) is 6. The molecule has 0 radical (unpaired) electrons. The van der Waals surface area contributed by atoms with E-state index in [1.54, 1.807) is 29.2 Å². The minimum absolute atomic E-state index is 0.0818. The Hall–Kier alpha value is -3.31. The van der Waals surface area contributed by atoms with Crippen LogP contribution < -0.4 is 4.90 Å². The Labute approximate surface area is 177 Å². The molecule has 0 bridgehead atoms. The van der Waals surface area contributed by atoms with Gasteiger partial charge in [0, 0.05) is 18.0 Å². The molecule has 1 amide bonds. The van der Waals surface area contributed by atoms with Gasteiger partial charge < -0.3 is 9.64 Å². The number of nitriles is 1. The number of carbonyl (C=O) groups is 2. The second-order valence-corrected chi connectivity index (χ2v) is 7.89. The van der Waals surface area contributed by atoms with Crippen molar-refractivity contribution < 1.29 is 18.7 Å². The van der Waals surface area contributed by atoms with Crippen molar-refractivity contribution in [2.45, 2.75) is 12.3 Å². The summed E-state index contributed by atoms with van der Waals surface area (Å²) in [5.41, 5.74) is 2.61. The molecule has 2 aromatic carbocycles. The fourth-order valence-electron chi connectivity index (χ4n) is 3.63. The average molecular weight is 423 g/mol. The number of allylic oxidation sites excluding steroid dienone is 1. The molecule has 30 heavy (non-hydrogen) atoms. The molecule has 4 rings (SSSR count). The van der Waals surface area contributed by atoms with Gasteiger partial charge >= 0.3 is 5.97 Å². The molecule has 8 heteroatoms. The number of anilines is 1. The maximum Gasteiger partial charge on any atom is 0.337 e. The van der Waals surface area contributed by atoms with Gasteiger partial charge in [-0.1, -0.05) is 23.9 Å². The van der Waals surface area contributed by atoms with E-state index in [0.717, 1.165) is 11.3 Å². The third kappa shape index (κ3) is 3.64. The predicted molar refractivity (Wildman–Crippen MR) is 111 cm³/mol. The molecule has 2 heterocycles. The second kappa shape index (κ2) is 8.20. The number of benzene rings is 2. The number of hydrogen-bond donors (Lipinski definition) is 0. The number of esters is 1. The highest BCUT2D eigenvalue weighted by Crippen LogP contribution is 2.43. The molecular weight excluding hydrogens is 405 g/mol. The highest BCUT2D eigenvalue weighted by molar-refractivity contribution is 8.03. The summed E-state index contributed by atoms with van der Waals surface area (Å²) in [5.74, 6) is -0.654. The number of fused-ring (bicyclic) bond motifs is 1. The zero-order valence-corrected chi connectivity index (χ0v) is 17.0. The predicted octanol–water partition coefficient (Wildman–Crippen LogP) is 3.83. The number of amides is 1. The lowest BCUT2D eigenvalue weighted by Gasteiger charge is -2.42. The quantitative estimate of drug-likeness (QED) is 0.699. The van der Waals surface area contributed by atoms with E-state index in [9.17, 15) is 19.2 Å². The van der Waals surface area contributed by atoms with Crippen LogP contribution in [-0.4, -0.2) is 36.4 Å².